The maximum atomic E-state index is 11.9. The molecule has 3 rings (SSSR count). The Labute approximate surface area is 168 Å². The molecule has 0 spiro atoms. The van der Waals surface area contributed by atoms with E-state index < -0.39 is 0 Å². The number of carbonyl (C=O) groups is 2. The van der Waals surface area contributed by atoms with E-state index in [1.54, 1.807) is 35.2 Å². The van der Waals surface area contributed by atoms with E-state index in [4.69, 9.17) is 0 Å². The number of carbonyl (C=O) groups excluding carboxylic acids is 2. The van der Waals surface area contributed by atoms with E-state index in [0.29, 0.717) is 10.0 Å². The van der Waals surface area contributed by atoms with Gasteiger partial charge in [0.15, 0.2) is 4.34 Å². The number of anilines is 1. The minimum Gasteiger partial charge on any atom is -0.342 e. The molecule has 2 amide bonds. The second-order valence-electron chi connectivity index (χ2n) is 4.58. The minimum absolute atomic E-state index is 0.119. The highest BCUT2D eigenvalue weighted by molar-refractivity contribution is 9.11. The number of nitrogens with zero attached hydrogens (tertiary/aromatic N) is 2. The van der Waals surface area contributed by atoms with Gasteiger partial charge in [0.05, 0.1) is 15.2 Å². The zero-order chi connectivity index (χ0) is 17.6. The molecule has 0 fully saturated rings. The fraction of sp³-hybridized carbons (Fsp3) is 0.143. The van der Waals surface area contributed by atoms with Crippen molar-refractivity contribution in [1.82, 2.24) is 15.5 Å². The molecule has 0 saturated heterocycles. The highest BCUT2D eigenvalue weighted by Gasteiger charge is 2.12. The topological polar surface area (TPSA) is 84.0 Å². The summed E-state index contributed by atoms with van der Waals surface area (Å²) in [6, 6.07) is 7.56. The molecule has 0 bridgehead atoms. The second-order valence-corrected chi connectivity index (χ2v) is 10.3. The van der Waals surface area contributed by atoms with Crippen molar-refractivity contribution in [2.45, 2.75) is 10.1 Å². The van der Waals surface area contributed by atoms with Gasteiger partial charge in [0.25, 0.3) is 5.91 Å². The Bertz CT molecular complexity index is 862. The van der Waals surface area contributed by atoms with Gasteiger partial charge < -0.3 is 5.32 Å². The Kier molecular flexibility index (Phi) is 6.59. The highest BCUT2D eigenvalue weighted by atomic mass is 79.9. The van der Waals surface area contributed by atoms with Gasteiger partial charge in [-0.3, -0.25) is 14.9 Å². The van der Waals surface area contributed by atoms with E-state index in [-0.39, 0.29) is 18.4 Å². The van der Waals surface area contributed by atoms with Crippen LogP contribution in [0.5, 0.6) is 0 Å². The monoisotopic (exact) mass is 474 g/mol. The number of hydrogen-bond donors (Lipinski definition) is 2. The lowest BCUT2D eigenvalue weighted by Gasteiger charge is -2.02. The summed E-state index contributed by atoms with van der Waals surface area (Å²) in [6.07, 6.45) is 0. The molecule has 11 heteroatoms. The summed E-state index contributed by atoms with van der Waals surface area (Å²) in [7, 11) is 0. The molecule has 0 saturated carbocycles. The summed E-state index contributed by atoms with van der Waals surface area (Å²) < 4.78 is 1.65. The van der Waals surface area contributed by atoms with Crippen molar-refractivity contribution in [2.75, 3.05) is 11.9 Å². The Balaban J connectivity index is 1.44. The van der Waals surface area contributed by atoms with Gasteiger partial charge in [0.2, 0.25) is 11.0 Å². The van der Waals surface area contributed by atoms with Gasteiger partial charge in [-0.05, 0) is 39.5 Å². The molecule has 0 aliphatic heterocycles. The van der Waals surface area contributed by atoms with Crippen molar-refractivity contribution in [2.24, 2.45) is 0 Å². The van der Waals surface area contributed by atoms with Crippen molar-refractivity contribution >= 4 is 78.6 Å². The van der Waals surface area contributed by atoms with Gasteiger partial charge in [-0.25, -0.2) is 0 Å². The van der Waals surface area contributed by atoms with Crippen LogP contribution in [0.3, 0.4) is 0 Å². The van der Waals surface area contributed by atoms with Crippen LogP contribution in [-0.2, 0) is 10.5 Å². The van der Waals surface area contributed by atoms with Gasteiger partial charge in [0, 0.05) is 10.6 Å². The van der Waals surface area contributed by atoms with Gasteiger partial charge in [0.1, 0.15) is 0 Å². The Morgan fingerprint density at radius 1 is 1.20 bits per heavy atom. The molecule has 2 N–H and O–H groups in total. The third-order valence-electron chi connectivity index (χ3n) is 2.78. The zero-order valence-corrected chi connectivity index (χ0v) is 17.4. The molecule has 3 heterocycles. The van der Waals surface area contributed by atoms with Gasteiger partial charge in [-0.2, -0.15) is 0 Å². The number of aromatic nitrogens is 2. The SMILES string of the molecule is O=C(CNC(=O)c1ccc(Br)s1)Nc1nnc(SCc2cccs2)s1. The largest absolute Gasteiger partial charge is 0.342 e. The first-order chi connectivity index (χ1) is 12.1. The first-order valence-corrected chi connectivity index (χ1v) is 11.2. The fourth-order valence-electron chi connectivity index (χ4n) is 1.69. The fourth-order valence-corrected chi connectivity index (χ4v) is 5.54. The smallest absolute Gasteiger partial charge is 0.261 e. The summed E-state index contributed by atoms with van der Waals surface area (Å²) in [5.74, 6) is 0.206. The first-order valence-electron chi connectivity index (χ1n) is 6.92. The minimum atomic E-state index is -0.338. The molecule has 3 aromatic heterocycles. The molecule has 6 nitrogen and oxygen atoms in total. The molecule has 0 aromatic carbocycles. The summed E-state index contributed by atoms with van der Waals surface area (Å²) in [6.45, 7) is -0.119. The number of thioether (sulfide) groups is 1. The quantitative estimate of drug-likeness (QED) is 0.397. The van der Waals surface area contributed by atoms with Gasteiger partial charge in [-0.1, -0.05) is 29.2 Å². The molecular weight excluding hydrogens is 464 g/mol. The number of nitrogens with one attached hydrogen (secondary N) is 2. The van der Waals surface area contributed by atoms with Crippen molar-refractivity contribution in [3.63, 3.8) is 0 Å². The standard InChI is InChI=1S/C14H11BrN4O2S4/c15-10-4-3-9(24-10)12(21)16-6-11(20)17-13-18-19-14(25-13)23-7-8-2-1-5-22-8/h1-5H,6-7H2,(H,16,21)(H,17,18,20). The van der Waals surface area contributed by atoms with Crippen molar-refractivity contribution in [3.8, 4) is 0 Å². The summed E-state index contributed by atoms with van der Waals surface area (Å²) in [5.41, 5.74) is 0. The van der Waals surface area contributed by atoms with E-state index in [9.17, 15) is 9.59 Å². The van der Waals surface area contributed by atoms with Crippen LogP contribution in [0.15, 0.2) is 37.8 Å². The lowest BCUT2D eigenvalue weighted by Crippen LogP contribution is -2.32. The molecule has 0 radical (unpaired) electrons. The zero-order valence-electron chi connectivity index (χ0n) is 12.5. The van der Waals surface area contributed by atoms with Crippen molar-refractivity contribution < 1.29 is 9.59 Å². The number of amides is 2. The van der Waals surface area contributed by atoms with Crippen molar-refractivity contribution in [3.05, 3.63) is 43.2 Å². The predicted molar refractivity (Wildman–Crippen MR) is 107 cm³/mol. The lowest BCUT2D eigenvalue weighted by molar-refractivity contribution is -0.115. The Morgan fingerprint density at radius 3 is 2.80 bits per heavy atom. The second kappa shape index (κ2) is 8.90. The molecule has 0 aliphatic rings. The first kappa shape index (κ1) is 18.5. The number of thiophene rings is 2. The number of rotatable bonds is 7. The van der Waals surface area contributed by atoms with Crippen molar-refractivity contribution in [1.29, 1.82) is 0 Å². The Morgan fingerprint density at radius 2 is 2.08 bits per heavy atom. The van der Waals surface area contributed by atoms with E-state index >= 15 is 0 Å². The summed E-state index contributed by atoms with van der Waals surface area (Å²) in [4.78, 5) is 25.6. The summed E-state index contributed by atoms with van der Waals surface area (Å²) >= 11 is 9.19. The van der Waals surface area contributed by atoms with E-state index in [1.165, 1.54) is 27.6 Å². The number of hydrogen-bond acceptors (Lipinski definition) is 8. The third-order valence-corrected chi connectivity index (χ3v) is 7.48. The van der Waals surface area contributed by atoms with E-state index in [0.717, 1.165) is 13.9 Å². The molecule has 130 valence electrons. The van der Waals surface area contributed by atoms with Crippen LogP contribution in [-0.4, -0.2) is 28.6 Å². The molecule has 0 aliphatic carbocycles. The average molecular weight is 475 g/mol. The van der Waals surface area contributed by atoms with Gasteiger partial charge in [-0.15, -0.1) is 32.9 Å². The highest BCUT2D eigenvalue weighted by Crippen LogP contribution is 2.29. The normalized spacial score (nSPS) is 10.6. The van der Waals surface area contributed by atoms with Crippen LogP contribution in [0.1, 0.15) is 14.5 Å². The van der Waals surface area contributed by atoms with Crippen LogP contribution in [0, 0.1) is 0 Å². The van der Waals surface area contributed by atoms with Crippen LogP contribution >= 0.6 is 61.7 Å². The molecule has 0 unspecified atom stereocenters. The van der Waals surface area contributed by atoms with Gasteiger partial charge >= 0.3 is 0 Å². The lowest BCUT2D eigenvalue weighted by atomic mass is 10.4. The maximum absolute atomic E-state index is 11.9. The average Bonchev–Trinajstić information content (AvgIpc) is 3.32. The van der Waals surface area contributed by atoms with Crippen LogP contribution < -0.4 is 10.6 Å². The van der Waals surface area contributed by atoms with Crippen LogP contribution in [0.2, 0.25) is 0 Å². The van der Waals surface area contributed by atoms with Crippen LogP contribution in [0.4, 0.5) is 5.13 Å². The molecule has 25 heavy (non-hydrogen) atoms. The molecule has 3 aromatic rings. The Hall–Kier alpha value is -1.27. The predicted octanol–water partition coefficient (Wildman–Crippen LogP) is 4.08. The van der Waals surface area contributed by atoms with Crippen LogP contribution in [0.25, 0.3) is 0 Å². The molecular formula is C14H11BrN4O2S4. The maximum Gasteiger partial charge on any atom is 0.261 e. The van der Waals surface area contributed by atoms with E-state index in [1.807, 2.05) is 11.4 Å². The third kappa shape index (κ3) is 5.61. The summed E-state index contributed by atoms with van der Waals surface area (Å²) in [5, 5.41) is 15.7. The molecule has 0 atom stereocenters. The van der Waals surface area contributed by atoms with E-state index in [2.05, 4.69) is 42.8 Å². The number of halogens is 1.